The van der Waals surface area contributed by atoms with Crippen molar-refractivity contribution < 1.29 is 9.47 Å². The number of hydrogen-bond acceptors (Lipinski definition) is 3. The standard InChI is InChI=1S/C10H21NO2/c1-4-9(2)11(3)6-5-10-12-7-8-13-10/h9-10H,4-8H2,1-3H3. The Morgan fingerprint density at radius 3 is 2.54 bits per heavy atom. The van der Waals surface area contributed by atoms with Crippen LogP contribution >= 0.6 is 0 Å². The quantitative estimate of drug-likeness (QED) is 0.650. The van der Waals surface area contributed by atoms with E-state index in [0.29, 0.717) is 6.04 Å². The lowest BCUT2D eigenvalue weighted by atomic mass is 10.2. The lowest BCUT2D eigenvalue weighted by molar-refractivity contribution is -0.0518. The zero-order chi connectivity index (χ0) is 9.68. The molecule has 0 bridgehead atoms. The molecule has 0 radical (unpaired) electrons. The van der Waals surface area contributed by atoms with Crippen LogP contribution in [0.2, 0.25) is 0 Å². The van der Waals surface area contributed by atoms with Crippen molar-refractivity contribution in [3.05, 3.63) is 0 Å². The smallest absolute Gasteiger partial charge is 0.159 e. The van der Waals surface area contributed by atoms with Gasteiger partial charge >= 0.3 is 0 Å². The molecule has 13 heavy (non-hydrogen) atoms. The SMILES string of the molecule is CCC(C)N(C)CCC1OCCO1. The number of nitrogens with zero attached hydrogens (tertiary/aromatic N) is 1. The number of rotatable bonds is 5. The maximum Gasteiger partial charge on any atom is 0.159 e. The van der Waals surface area contributed by atoms with E-state index in [1.165, 1.54) is 6.42 Å². The van der Waals surface area contributed by atoms with Gasteiger partial charge in [0.1, 0.15) is 0 Å². The summed E-state index contributed by atoms with van der Waals surface area (Å²) in [5.41, 5.74) is 0. The van der Waals surface area contributed by atoms with Gasteiger partial charge in [0.2, 0.25) is 0 Å². The highest BCUT2D eigenvalue weighted by Crippen LogP contribution is 2.09. The van der Waals surface area contributed by atoms with E-state index < -0.39 is 0 Å². The summed E-state index contributed by atoms with van der Waals surface area (Å²) in [7, 11) is 2.16. The largest absolute Gasteiger partial charge is 0.350 e. The van der Waals surface area contributed by atoms with Gasteiger partial charge in [-0.15, -0.1) is 0 Å². The summed E-state index contributed by atoms with van der Waals surface area (Å²) in [4.78, 5) is 2.35. The number of ether oxygens (including phenoxy) is 2. The van der Waals surface area contributed by atoms with Gasteiger partial charge in [-0.1, -0.05) is 6.92 Å². The van der Waals surface area contributed by atoms with Crippen LogP contribution in [-0.2, 0) is 9.47 Å². The van der Waals surface area contributed by atoms with E-state index >= 15 is 0 Å². The molecule has 3 heteroatoms. The minimum Gasteiger partial charge on any atom is -0.350 e. The molecular weight excluding hydrogens is 166 g/mol. The Morgan fingerprint density at radius 1 is 1.38 bits per heavy atom. The van der Waals surface area contributed by atoms with Gasteiger partial charge in [-0.2, -0.15) is 0 Å². The molecule has 0 aliphatic carbocycles. The van der Waals surface area contributed by atoms with Crippen LogP contribution in [0.3, 0.4) is 0 Å². The van der Waals surface area contributed by atoms with E-state index in [9.17, 15) is 0 Å². The minimum atomic E-state index is 0.0477. The highest BCUT2D eigenvalue weighted by molar-refractivity contribution is 4.63. The first-order valence-corrected chi connectivity index (χ1v) is 5.17. The zero-order valence-electron chi connectivity index (χ0n) is 8.95. The molecule has 0 N–H and O–H groups in total. The molecule has 0 aromatic carbocycles. The van der Waals surface area contributed by atoms with Gasteiger partial charge in [0.15, 0.2) is 6.29 Å². The van der Waals surface area contributed by atoms with Gasteiger partial charge in [-0.05, 0) is 20.4 Å². The second-order valence-corrected chi connectivity index (χ2v) is 3.70. The normalized spacial score (nSPS) is 21.2. The Morgan fingerprint density at radius 2 is 2.00 bits per heavy atom. The summed E-state index contributed by atoms with van der Waals surface area (Å²) in [6.07, 6.45) is 2.23. The fraction of sp³-hybridized carbons (Fsp3) is 1.00. The van der Waals surface area contributed by atoms with Gasteiger partial charge < -0.3 is 14.4 Å². The Bertz CT molecular complexity index is 135. The molecule has 0 aromatic heterocycles. The summed E-state index contributed by atoms with van der Waals surface area (Å²) >= 11 is 0. The molecule has 1 saturated heterocycles. The highest BCUT2D eigenvalue weighted by atomic mass is 16.7. The molecule has 0 amide bonds. The fourth-order valence-electron chi connectivity index (χ4n) is 1.42. The van der Waals surface area contributed by atoms with Crippen molar-refractivity contribution in [1.82, 2.24) is 4.90 Å². The molecule has 1 heterocycles. The number of hydrogen-bond donors (Lipinski definition) is 0. The summed E-state index contributed by atoms with van der Waals surface area (Å²) in [5, 5.41) is 0. The summed E-state index contributed by atoms with van der Waals surface area (Å²) < 4.78 is 10.7. The van der Waals surface area contributed by atoms with Crippen LogP contribution in [-0.4, -0.2) is 44.0 Å². The van der Waals surface area contributed by atoms with Crippen LogP contribution in [0.1, 0.15) is 26.7 Å². The van der Waals surface area contributed by atoms with E-state index in [2.05, 4.69) is 25.8 Å². The van der Waals surface area contributed by atoms with Crippen molar-refractivity contribution in [2.45, 2.75) is 39.0 Å². The summed E-state index contributed by atoms with van der Waals surface area (Å²) in [6, 6.07) is 0.654. The molecule has 1 unspecified atom stereocenters. The Balaban J connectivity index is 2.10. The molecule has 0 saturated carbocycles. The first-order valence-electron chi connectivity index (χ1n) is 5.17. The predicted molar refractivity (Wildman–Crippen MR) is 52.7 cm³/mol. The summed E-state index contributed by atoms with van der Waals surface area (Å²) in [5.74, 6) is 0. The molecule has 1 fully saturated rings. The van der Waals surface area contributed by atoms with Gasteiger partial charge in [0.25, 0.3) is 0 Å². The topological polar surface area (TPSA) is 21.7 Å². The third kappa shape index (κ3) is 3.63. The molecule has 1 aliphatic heterocycles. The van der Waals surface area contributed by atoms with Crippen LogP contribution in [0.4, 0.5) is 0 Å². The van der Waals surface area contributed by atoms with Crippen molar-refractivity contribution in [2.24, 2.45) is 0 Å². The van der Waals surface area contributed by atoms with Gasteiger partial charge in [-0.3, -0.25) is 0 Å². The lowest BCUT2D eigenvalue weighted by Crippen LogP contribution is -2.31. The molecule has 1 rings (SSSR count). The van der Waals surface area contributed by atoms with E-state index in [-0.39, 0.29) is 6.29 Å². The molecule has 78 valence electrons. The molecule has 0 spiro atoms. The molecule has 0 aromatic rings. The van der Waals surface area contributed by atoms with Crippen molar-refractivity contribution in [3.8, 4) is 0 Å². The van der Waals surface area contributed by atoms with Crippen LogP contribution in [0, 0.1) is 0 Å². The van der Waals surface area contributed by atoms with Crippen molar-refractivity contribution in [3.63, 3.8) is 0 Å². The van der Waals surface area contributed by atoms with Crippen LogP contribution in [0.25, 0.3) is 0 Å². The molecule has 1 atom stereocenters. The van der Waals surface area contributed by atoms with Crippen LogP contribution < -0.4 is 0 Å². The van der Waals surface area contributed by atoms with Gasteiger partial charge in [-0.25, -0.2) is 0 Å². The van der Waals surface area contributed by atoms with E-state index in [1.807, 2.05) is 0 Å². The second-order valence-electron chi connectivity index (χ2n) is 3.70. The van der Waals surface area contributed by atoms with Crippen molar-refractivity contribution in [1.29, 1.82) is 0 Å². The second kappa shape index (κ2) is 5.58. The van der Waals surface area contributed by atoms with Gasteiger partial charge in [0, 0.05) is 19.0 Å². The maximum absolute atomic E-state index is 5.37. The van der Waals surface area contributed by atoms with E-state index in [0.717, 1.165) is 26.2 Å². The Hall–Kier alpha value is -0.120. The monoisotopic (exact) mass is 187 g/mol. The Kier molecular flexibility index (Phi) is 4.70. The molecule has 3 nitrogen and oxygen atoms in total. The average Bonchev–Trinajstić information content (AvgIpc) is 2.65. The van der Waals surface area contributed by atoms with Crippen molar-refractivity contribution >= 4 is 0 Å². The average molecular weight is 187 g/mol. The van der Waals surface area contributed by atoms with E-state index in [1.54, 1.807) is 0 Å². The van der Waals surface area contributed by atoms with Crippen LogP contribution in [0.15, 0.2) is 0 Å². The fourth-order valence-corrected chi connectivity index (χ4v) is 1.42. The zero-order valence-corrected chi connectivity index (χ0v) is 8.95. The third-order valence-corrected chi connectivity index (χ3v) is 2.75. The molecule has 1 aliphatic rings. The van der Waals surface area contributed by atoms with E-state index in [4.69, 9.17) is 9.47 Å². The third-order valence-electron chi connectivity index (χ3n) is 2.75. The molecular formula is C10H21NO2. The van der Waals surface area contributed by atoms with Crippen LogP contribution in [0.5, 0.6) is 0 Å². The van der Waals surface area contributed by atoms with Gasteiger partial charge in [0.05, 0.1) is 13.2 Å². The highest BCUT2D eigenvalue weighted by Gasteiger charge is 2.17. The first kappa shape index (κ1) is 11.0. The lowest BCUT2D eigenvalue weighted by Gasteiger charge is -2.24. The Labute approximate surface area is 81.0 Å². The summed E-state index contributed by atoms with van der Waals surface area (Å²) in [6.45, 7) is 7.04. The van der Waals surface area contributed by atoms with Crippen molar-refractivity contribution in [2.75, 3.05) is 26.8 Å². The maximum atomic E-state index is 5.37. The first-order chi connectivity index (χ1) is 6.24. The predicted octanol–water partition coefficient (Wildman–Crippen LogP) is 1.48. The minimum absolute atomic E-state index is 0.0477.